The van der Waals surface area contributed by atoms with E-state index in [2.05, 4.69) is 10.0 Å². The number of nitrogens with one attached hydrogen (secondary N) is 2. The van der Waals surface area contributed by atoms with Crippen LogP contribution >= 0.6 is 11.9 Å². The van der Waals surface area contributed by atoms with E-state index < -0.39 is 0 Å². The van der Waals surface area contributed by atoms with Gasteiger partial charge in [0.1, 0.15) is 0 Å². The third-order valence-electron chi connectivity index (χ3n) is 5.08. The molecule has 5 atom stereocenters. The van der Waals surface area contributed by atoms with Crippen molar-refractivity contribution >= 4 is 17.9 Å². The molecule has 3 fully saturated rings. The van der Waals surface area contributed by atoms with E-state index >= 15 is 0 Å². The number of carbonyl (C=O) groups is 1. The molecule has 2 aliphatic heterocycles. The summed E-state index contributed by atoms with van der Waals surface area (Å²) in [6, 6.07) is 0.668. The molecule has 5 unspecified atom stereocenters. The van der Waals surface area contributed by atoms with Gasteiger partial charge >= 0.3 is 0 Å². The fourth-order valence-electron chi connectivity index (χ4n) is 4.13. The molecule has 0 spiro atoms. The summed E-state index contributed by atoms with van der Waals surface area (Å²) in [7, 11) is 0. The Hall–Kier alpha value is -0.260. The van der Waals surface area contributed by atoms with E-state index in [0.29, 0.717) is 18.4 Å². The zero-order chi connectivity index (χ0) is 13.2. The SMILES string of the molecule is NC(=O)CC1CCC2NSC(C3CCCNC3)C2C1. The first-order valence-electron chi connectivity index (χ1n) is 7.64. The molecule has 0 radical (unpaired) electrons. The Labute approximate surface area is 119 Å². The Morgan fingerprint density at radius 1 is 1.32 bits per heavy atom. The lowest BCUT2D eigenvalue weighted by molar-refractivity contribution is -0.119. The number of primary amides is 1. The van der Waals surface area contributed by atoms with Crippen molar-refractivity contribution in [1.82, 2.24) is 10.0 Å². The Morgan fingerprint density at radius 3 is 2.95 bits per heavy atom. The highest BCUT2D eigenvalue weighted by Crippen LogP contribution is 2.45. The van der Waals surface area contributed by atoms with Gasteiger partial charge in [0.15, 0.2) is 0 Å². The van der Waals surface area contributed by atoms with E-state index in [-0.39, 0.29) is 5.91 Å². The Kier molecular flexibility index (Phi) is 4.34. The highest BCUT2D eigenvalue weighted by molar-refractivity contribution is 7.98. The molecular weight excluding hydrogens is 258 g/mol. The van der Waals surface area contributed by atoms with Gasteiger partial charge in [0.2, 0.25) is 5.91 Å². The van der Waals surface area contributed by atoms with Gasteiger partial charge in [0.05, 0.1) is 0 Å². The molecule has 1 saturated carbocycles. The Balaban J connectivity index is 1.62. The normalized spacial score (nSPS) is 42.8. The number of nitrogens with two attached hydrogens (primary N) is 1. The van der Waals surface area contributed by atoms with Gasteiger partial charge in [-0.2, -0.15) is 0 Å². The van der Waals surface area contributed by atoms with Gasteiger partial charge in [-0.05, 0) is 62.9 Å². The summed E-state index contributed by atoms with van der Waals surface area (Å²) >= 11 is 1.97. The molecule has 0 aromatic heterocycles. The van der Waals surface area contributed by atoms with Crippen LogP contribution in [-0.4, -0.2) is 30.3 Å². The second kappa shape index (κ2) is 6.02. The van der Waals surface area contributed by atoms with Crippen LogP contribution in [0.3, 0.4) is 0 Å². The van der Waals surface area contributed by atoms with Gasteiger partial charge in [-0.1, -0.05) is 11.9 Å². The largest absolute Gasteiger partial charge is 0.370 e. The number of rotatable bonds is 3. The van der Waals surface area contributed by atoms with Crippen molar-refractivity contribution in [3.8, 4) is 0 Å². The Morgan fingerprint density at radius 2 is 2.21 bits per heavy atom. The lowest BCUT2D eigenvalue weighted by atomic mass is 9.72. The van der Waals surface area contributed by atoms with Crippen LogP contribution in [0.15, 0.2) is 0 Å². The molecule has 1 aliphatic carbocycles. The summed E-state index contributed by atoms with van der Waals surface area (Å²) in [4.78, 5) is 11.1. The fourth-order valence-corrected chi connectivity index (χ4v) is 5.66. The molecule has 108 valence electrons. The first-order chi connectivity index (χ1) is 9.24. The van der Waals surface area contributed by atoms with Crippen molar-refractivity contribution in [3.63, 3.8) is 0 Å². The smallest absolute Gasteiger partial charge is 0.217 e. The van der Waals surface area contributed by atoms with E-state index in [1.807, 2.05) is 11.9 Å². The molecule has 0 aromatic carbocycles. The highest BCUT2D eigenvalue weighted by Gasteiger charge is 2.44. The van der Waals surface area contributed by atoms with Crippen molar-refractivity contribution < 1.29 is 4.79 Å². The van der Waals surface area contributed by atoms with Gasteiger partial charge < -0.3 is 11.1 Å². The zero-order valence-electron chi connectivity index (χ0n) is 11.4. The van der Waals surface area contributed by atoms with Crippen molar-refractivity contribution in [2.24, 2.45) is 23.5 Å². The summed E-state index contributed by atoms with van der Waals surface area (Å²) in [5.74, 6) is 1.94. The van der Waals surface area contributed by atoms with E-state index in [0.717, 1.165) is 23.5 Å². The van der Waals surface area contributed by atoms with Crippen LogP contribution in [0, 0.1) is 17.8 Å². The van der Waals surface area contributed by atoms with E-state index in [1.54, 1.807) is 0 Å². The molecule has 3 aliphatic rings. The number of hydrogen-bond acceptors (Lipinski definition) is 4. The predicted octanol–water partition coefficient (Wildman–Crippen LogP) is 1.27. The number of hydrogen-bond donors (Lipinski definition) is 3. The van der Waals surface area contributed by atoms with Crippen LogP contribution < -0.4 is 15.8 Å². The quantitative estimate of drug-likeness (QED) is 0.682. The second-order valence-electron chi connectivity index (χ2n) is 6.43. The van der Waals surface area contributed by atoms with Gasteiger partial charge in [0.25, 0.3) is 0 Å². The van der Waals surface area contributed by atoms with Gasteiger partial charge in [-0.3, -0.25) is 9.52 Å². The zero-order valence-corrected chi connectivity index (χ0v) is 12.3. The topological polar surface area (TPSA) is 67.2 Å². The van der Waals surface area contributed by atoms with Crippen molar-refractivity contribution in [2.75, 3.05) is 13.1 Å². The molecule has 0 bridgehead atoms. The maximum absolute atomic E-state index is 11.1. The van der Waals surface area contributed by atoms with E-state index in [1.165, 1.54) is 38.8 Å². The summed E-state index contributed by atoms with van der Waals surface area (Å²) in [6.07, 6.45) is 6.82. The number of carbonyl (C=O) groups excluding carboxylic acids is 1. The second-order valence-corrected chi connectivity index (χ2v) is 7.44. The summed E-state index contributed by atoms with van der Waals surface area (Å²) in [5.41, 5.74) is 5.37. The summed E-state index contributed by atoms with van der Waals surface area (Å²) in [6.45, 7) is 2.35. The van der Waals surface area contributed by atoms with Gasteiger partial charge in [-0.25, -0.2) is 0 Å². The van der Waals surface area contributed by atoms with Crippen molar-refractivity contribution in [1.29, 1.82) is 0 Å². The van der Waals surface area contributed by atoms with Crippen molar-refractivity contribution in [3.05, 3.63) is 0 Å². The lowest BCUT2D eigenvalue weighted by Crippen LogP contribution is -2.41. The monoisotopic (exact) mass is 283 g/mol. The maximum atomic E-state index is 11.1. The van der Waals surface area contributed by atoms with Crippen LogP contribution in [0.25, 0.3) is 0 Å². The average molecular weight is 283 g/mol. The molecule has 2 heterocycles. The predicted molar refractivity (Wildman–Crippen MR) is 78.5 cm³/mol. The molecule has 5 heteroatoms. The standard InChI is InChI=1S/C14H25N3OS/c15-13(18)7-9-3-4-12-11(6-9)14(19-17-12)10-2-1-5-16-8-10/h9-12,14,16-17H,1-8H2,(H2,15,18). The third-order valence-corrected chi connectivity index (χ3v) is 6.52. The molecule has 4 N–H and O–H groups in total. The fraction of sp³-hybridized carbons (Fsp3) is 0.929. The summed E-state index contributed by atoms with van der Waals surface area (Å²) in [5, 5.41) is 4.27. The molecule has 3 rings (SSSR count). The molecule has 2 saturated heterocycles. The third kappa shape index (κ3) is 3.09. The molecule has 19 heavy (non-hydrogen) atoms. The minimum Gasteiger partial charge on any atom is -0.370 e. The number of piperidine rings is 1. The number of amides is 1. The van der Waals surface area contributed by atoms with E-state index in [9.17, 15) is 4.79 Å². The van der Waals surface area contributed by atoms with Gasteiger partial charge in [-0.15, -0.1) is 0 Å². The first kappa shape index (κ1) is 13.7. The lowest BCUT2D eigenvalue weighted by Gasteiger charge is -2.36. The van der Waals surface area contributed by atoms with Crippen LogP contribution in [0.2, 0.25) is 0 Å². The highest BCUT2D eigenvalue weighted by atomic mass is 32.2. The molecule has 1 amide bonds. The van der Waals surface area contributed by atoms with Crippen LogP contribution in [-0.2, 0) is 4.79 Å². The maximum Gasteiger partial charge on any atom is 0.217 e. The van der Waals surface area contributed by atoms with Crippen LogP contribution in [0.4, 0.5) is 0 Å². The molecule has 0 aromatic rings. The number of fused-ring (bicyclic) bond motifs is 1. The van der Waals surface area contributed by atoms with Crippen LogP contribution in [0.1, 0.15) is 38.5 Å². The minimum absolute atomic E-state index is 0.127. The average Bonchev–Trinajstić information content (AvgIpc) is 2.82. The van der Waals surface area contributed by atoms with Crippen molar-refractivity contribution in [2.45, 2.75) is 49.8 Å². The Bertz CT molecular complexity index is 333. The molecule has 4 nitrogen and oxygen atoms in total. The first-order valence-corrected chi connectivity index (χ1v) is 8.52. The summed E-state index contributed by atoms with van der Waals surface area (Å²) < 4.78 is 3.65. The van der Waals surface area contributed by atoms with Crippen LogP contribution in [0.5, 0.6) is 0 Å². The van der Waals surface area contributed by atoms with E-state index in [4.69, 9.17) is 5.73 Å². The minimum atomic E-state index is -0.127. The molecular formula is C14H25N3OS. The van der Waals surface area contributed by atoms with Gasteiger partial charge in [0, 0.05) is 17.7 Å².